The van der Waals surface area contributed by atoms with Crippen molar-refractivity contribution in [2.24, 2.45) is 20.0 Å². The van der Waals surface area contributed by atoms with Crippen molar-refractivity contribution < 1.29 is 14.3 Å². The molecular formula is C21H22N6O5S. The smallest absolute Gasteiger partial charge is 0.332 e. The van der Waals surface area contributed by atoms with E-state index < -0.39 is 29.7 Å². The monoisotopic (exact) mass is 470 g/mol. The van der Waals surface area contributed by atoms with Crippen LogP contribution in [0.5, 0.6) is 0 Å². The van der Waals surface area contributed by atoms with E-state index >= 15 is 0 Å². The first-order chi connectivity index (χ1) is 15.7. The summed E-state index contributed by atoms with van der Waals surface area (Å²) in [5, 5.41) is 12.7. The first-order valence-corrected chi connectivity index (χ1v) is 11.1. The Balaban J connectivity index is 1.42. The lowest BCUT2D eigenvalue weighted by Crippen LogP contribution is -2.37. The number of ether oxygens (including phenoxy) is 1. The molecule has 0 fully saturated rings. The minimum atomic E-state index is -0.750. The maximum Gasteiger partial charge on any atom is 0.332 e. The number of hydrogen-bond donors (Lipinski definition) is 1. The van der Waals surface area contributed by atoms with Gasteiger partial charge < -0.3 is 14.6 Å². The number of aryl methyl sites for hydroxylation is 1. The fourth-order valence-corrected chi connectivity index (χ4v) is 5.34. The van der Waals surface area contributed by atoms with E-state index in [1.165, 1.54) is 40.9 Å². The lowest BCUT2D eigenvalue weighted by atomic mass is 9.89. The molecule has 1 amide bonds. The number of amides is 1. The van der Waals surface area contributed by atoms with Crippen LogP contribution in [0.4, 0.5) is 5.00 Å². The number of thiophene rings is 1. The average Bonchev–Trinajstić information content (AvgIpc) is 3.35. The molecule has 1 aliphatic rings. The molecule has 1 atom stereocenters. The Kier molecular flexibility index (Phi) is 5.90. The summed E-state index contributed by atoms with van der Waals surface area (Å²) in [7, 11) is 2.81. The summed E-state index contributed by atoms with van der Waals surface area (Å²) in [6, 6.07) is 2.18. The van der Waals surface area contributed by atoms with Crippen molar-refractivity contribution in [3.05, 3.63) is 43.2 Å². The minimum Gasteiger partial charge on any atom is -0.454 e. The van der Waals surface area contributed by atoms with Crippen LogP contribution >= 0.6 is 11.3 Å². The standard InChI is InChI=1S/C21H22N6O5S/c1-11-4-5-12-13(7-22)19(33-14(12)6-11)24-15(28)9-32-16(29)8-27-10-23-18-17(27)20(30)26(3)21(31)25(18)2/h10-11H,4-6,8-9H2,1-3H3,(H,24,28). The SMILES string of the molecule is CC1CCc2c(sc(NC(=O)COC(=O)Cn3cnc4c3c(=O)n(C)c(=O)n4C)c2C#N)C1. The highest BCUT2D eigenvalue weighted by Crippen LogP contribution is 2.39. The van der Waals surface area contributed by atoms with Gasteiger partial charge in [0.2, 0.25) is 0 Å². The Labute approximate surface area is 191 Å². The van der Waals surface area contributed by atoms with Crippen molar-refractivity contribution in [2.75, 3.05) is 11.9 Å². The van der Waals surface area contributed by atoms with Gasteiger partial charge in [-0.1, -0.05) is 6.92 Å². The lowest BCUT2D eigenvalue weighted by molar-refractivity contribution is -0.147. The Bertz CT molecular complexity index is 1440. The number of imidazole rings is 1. The van der Waals surface area contributed by atoms with Crippen molar-refractivity contribution in [2.45, 2.75) is 32.7 Å². The van der Waals surface area contributed by atoms with Gasteiger partial charge in [-0.15, -0.1) is 11.3 Å². The van der Waals surface area contributed by atoms with E-state index in [9.17, 15) is 24.4 Å². The quantitative estimate of drug-likeness (QED) is 0.540. The molecule has 1 unspecified atom stereocenters. The number of aromatic nitrogens is 4. The Morgan fingerprint density at radius 3 is 2.82 bits per heavy atom. The molecule has 33 heavy (non-hydrogen) atoms. The second kappa shape index (κ2) is 8.67. The highest BCUT2D eigenvalue weighted by Gasteiger charge is 2.25. The van der Waals surface area contributed by atoms with Gasteiger partial charge in [0.25, 0.3) is 11.5 Å². The third kappa shape index (κ3) is 4.07. The molecule has 0 saturated heterocycles. The number of fused-ring (bicyclic) bond motifs is 2. The zero-order chi connectivity index (χ0) is 23.9. The Hall–Kier alpha value is -3.72. The predicted molar refractivity (Wildman–Crippen MR) is 120 cm³/mol. The first kappa shape index (κ1) is 22.5. The molecule has 3 heterocycles. The number of rotatable bonds is 5. The van der Waals surface area contributed by atoms with Gasteiger partial charge in [0.1, 0.15) is 17.6 Å². The zero-order valence-corrected chi connectivity index (χ0v) is 19.2. The van der Waals surface area contributed by atoms with Crippen molar-refractivity contribution >= 4 is 39.4 Å². The molecule has 1 N–H and O–H groups in total. The summed E-state index contributed by atoms with van der Waals surface area (Å²) in [6.45, 7) is 1.27. The van der Waals surface area contributed by atoms with Gasteiger partial charge in [0.15, 0.2) is 17.8 Å². The van der Waals surface area contributed by atoms with Crippen LogP contribution in [0.15, 0.2) is 15.9 Å². The number of esters is 1. The third-order valence-corrected chi connectivity index (χ3v) is 6.93. The van der Waals surface area contributed by atoms with Crippen LogP contribution in [0.2, 0.25) is 0 Å². The number of nitrogens with one attached hydrogen (secondary N) is 1. The molecule has 0 aromatic carbocycles. The number of anilines is 1. The van der Waals surface area contributed by atoms with Gasteiger partial charge in [-0.25, -0.2) is 9.78 Å². The van der Waals surface area contributed by atoms with Crippen LogP contribution in [0.3, 0.4) is 0 Å². The molecular weight excluding hydrogens is 448 g/mol. The second-order valence-corrected chi connectivity index (χ2v) is 9.23. The molecule has 3 aromatic heterocycles. The van der Waals surface area contributed by atoms with Crippen LogP contribution in [-0.2, 0) is 47.8 Å². The number of nitriles is 1. The fraction of sp³-hybridized carbons (Fsp3) is 0.429. The summed E-state index contributed by atoms with van der Waals surface area (Å²) >= 11 is 1.39. The Morgan fingerprint density at radius 2 is 2.09 bits per heavy atom. The van der Waals surface area contributed by atoms with Crippen molar-refractivity contribution in [3.8, 4) is 6.07 Å². The summed E-state index contributed by atoms with van der Waals surface area (Å²) < 4.78 is 8.47. The van der Waals surface area contributed by atoms with E-state index in [0.29, 0.717) is 16.5 Å². The van der Waals surface area contributed by atoms with Crippen LogP contribution in [0.1, 0.15) is 29.3 Å². The number of carbonyl (C=O) groups excluding carboxylic acids is 2. The fourth-order valence-electron chi connectivity index (χ4n) is 3.97. The highest BCUT2D eigenvalue weighted by molar-refractivity contribution is 7.16. The predicted octanol–water partition coefficient (Wildman–Crippen LogP) is 0.674. The molecule has 3 aromatic rings. The van der Waals surface area contributed by atoms with E-state index in [4.69, 9.17) is 4.74 Å². The highest BCUT2D eigenvalue weighted by atomic mass is 32.1. The van der Waals surface area contributed by atoms with Crippen LogP contribution < -0.4 is 16.6 Å². The lowest BCUT2D eigenvalue weighted by Gasteiger charge is -2.17. The van der Waals surface area contributed by atoms with Crippen molar-refractivity contribution in [1.82, 2.24) is 18.7 Å². The van der Waals surface area contributed by atoms with Crippen LogP contribution in [0, 0.1) is 17.2 Å². The molecule has 0 bridgehead atoms. The number of hydrogen-bond acceptors (Lipinski definition) is 8. The van der Waals surface area contributed by atoms with Gasteiger partial charge >= 0.3 is 11.7 Å². The largest absolute Gasteiger partial charge is 0.454 e. The number of nitrogens with zero attached hydrogens (tertiary/aromatic N) is 5. The van der Waals surface area contributed by atoms with E-state index in [2.05, 4.69) is 23.3 Å². The molecule has 0 radical (unpaired) electrons. The summed E-state index contributed by atoms with van der Waals surface area (Å²) in [5.74, 6) is -0.772. The second-order valence-electron chi connectivity index (χ2n) is 8.13. The number of carbonyl (C=O) groups is 2. The molecule has 11 nitrogen and oxygen atoms in total. The Morgan fingerprint density at radius 1 is 1.33 bits per heavy atom. The molecule has 172 valence electrons. The topological polar surface area (TPSA) is 141 Å². The van der Waals surface area contributed by atoms with Gasteiger partial charge in [0.05, 0.1) is 11.9 Å². The van der Waals surface area contributed by atoms with Crippen LogP contribution in [0.25, 0.3) is 11.2 Å². The van der Waals surface area contributed by atoms with E-state index in [1.807, 2.05) is 0 Å². The van der Waals surface area contributed by atoms with E-state index in [-0.39, 0.29) is 17.7 Å². The molecule has 0 aliphatic heterocycles. The maximum absolute atomic E-state index is 12.4. The van der Waals surface area contributed by atoms with Crippen molar-refractivity contribution in [3.63, 3.8) is 0 Å². The van der Waals surface area contributed by atoms with Gasteiger partial charge in [-0.2, -0.15) is 5.26 Å². The molecule has 0 spiro atoms. The van der Waals surface area contributed by atoms with Crippen molar-refractivity contribution in [1.29, 1.82) is 5.26 Å². The normalized spacial score (nSPS) is 15.2. The summed E-state index contributed by atoms with van der Waals surface area (Å²) in [5.41, 5.74) is 0.588. The van der Waals surface area contributed by atoms with Gasteiger partial charge in [0, 0.05) is 19.0 Å². The molecule has 12 heteroatoms. The molecule has 4 rings (SSSR count). The van der Waals surface area contributed by atoms with E-state index in [1.54, 1.807) is 0 Å². The minimum absolute atomic E-state index is 0.0815. The third-order valence-electron chi connectivity index (χ3n) is 5.76. The molecule has 1 aliphatic carbocycles. The summed E-state index contributed by atoms with van der Waals surface area (Å²) in [6.07, 6.45) is 3.96. The summed E-state index contributed by atoms with van der Waals surface area (Å²) in [4.78, 5) is 54.3. The van der Waals surface area contributed by atoms with Crippen LogP contribution in [-0.4, -0.2) is 37.2 Å². The molecule has 0 saturated carbocycles. The zero-order valence-electron chi connectivity index (χ0n) is 18.4. The maximum atomic E-state index is 12.4. The van der Waals surface area contributed by atoms with Gasteiger partial charge in [-0.05, 0) is 30.7 Å². The first-order valence-electron chi connectivity index (χ1n) is 10.3. The van der Waals surface area contributed by atoms with Gasteiger partial charge in [-0.3, -0.25) is 23.5 Å². The average molecular weight is 471 g/mol. The van der Waals surface area contributed by atoms with E-state index in [0.717, 1.165) is 34.3 Å².